The molecule has 0 bridgehead atoms. The average molecular weight is 378 g/mol. The quantitative estimate of drug-likeness (QED) is 0.805. The van der Waals surface area contributed by atoms with Crippen molar-refractivity contribution < 1.29 is 4.79 Å². The second-order valence-electron chi connectivity index (χ2n) is 8.23. The molecule has 1 unspecified atom stereocenters. The maximum Gasteiger partial charge on any atom is 0.222 e. The first kappa shape index (κ1) is 18.2. The molecular formula is C19H31N5OS. The lowest BCUT2D eigenvalue weighted by Crippen LogP contribution is -2.60. The van der Waals surface area contributed by atoms with Crippen LogP contribution < -0.4 is 4.90 Å². The van der Waals surface area contributed by atoms with E-state index in [2.05, 4.69) is 32.9 Å². The smallest absolute Gasteiger partial charge is 0.222 e. The summed E-state index contributed by atoms with van der Waals surface area (Å²) in [6, 6.07) is 0. The Kier molecular flexibility index (Phi) is 5.21. The molecular weight excluding hydrogens is 346 g/mol. The summed E-state index contributed by atoms with van der Waals surface area (Å²) in [4.78, 5) is 27.6. The second-order valence-corrected chi connectivity index (χ2v) is 9.32. The van der Waals surface area contributed by atoms with Gasteiger partial charge in [-0.3, -0.25) is 14.6 Å². The van der Waals surface area contributed by atoms with Gasteiger partial charge in [-0.05, 0) is 32.7 Å². The SMILES string of the molecule is CN1CCC2(CCC1=O)CN(Cc1cnc(N3CCCC3)s1)CCN2C. The van der Waals surface area contributed by atoms with E-state index in [1.165, 1.54) is 22.9 Å². The number of likely N-dealkylation sites (tertiary alicyclic amines) is 1. The molecule has 0 aliphatic carbocycles. The lowest BCUT2D eigenvalue weighted by atomic mass is 9.86. The Morgan fingerprint density at radius 3 is 2.73 bits per heavy atom. The number of carbonyl (C=O) groups excluding carboxylic acids is 1. The molecule has 6 nitrogen and oxygen atoms in total. The number of rotatable bonds is 3. The molecule has 3 aliphatic rings. The molecule has 1 aromatic heterocycles. The summed E-state index contributed by atoms with van der Waals surface area (Å²) in [6.45, 7) is 7.41. The number of thiazole rings is 1. The topological polar surface area (TPSA) is 42.9 Å². The van der Waals surface area contributed by atoms with Crippen LogP contribution in [0.2, 0.25) is 0 Å². The first-order valence-corrected chi connectivity index (χ1v) is 10.7. The minimum atomic E-state index is 0.140. The minimum absolute atomic E-state index is 0.140. The maximum absolute atomic E-state index is 12.1. The second kappa shape index (κ2) is 7.44. The van der Waals surface area contributed by atoms with Gasteiger partial charge in [0, 0.05) is 75.9 Å². The van der Waals surface area contributed by atoms with Crippen LogP contribution in [-0.2, 0) is 11.3 Å². The molecule has 1 spiro atoms. The first-order valence-electron chi connectivity index (χ1n) is 9.93. The third-order valence-electron chi connectivity index (χ3n) is 6.52. The normalized spacial score (nSPS) is 28.9. The molecule has 26 heavy (non-hydrogen) atoms. The number of amides is 1. The summed E-state index contributed by atoms with van der Waals surface area (Å²) in [5.41, 5.74) is 0.140. The van der Waals surface area contributed by atoms with Gasteiger partial charge in [0.1, 0.15) is 0 Å². The van der Waals surface area contributed by atoms with Crippen LogP contribution >= 0.6 is 11.3 Å². The van der Waals surface area contributed by atoms with Gasteiger partial charge in [-0.25, -0.2) is 4.98 Å². The molecule has 3 aliphatic heterocycles. The zero-order valence-corrected chi connectivity index (χ0v) is 16.9. The van der Waals surface area contributed by atoms with Crippen molar-refractivity contribution in [3.63, 3.8) is 0 Å². The van der Waals surface area contributed by atoms with Crippen LogP contribution in [0.15, 0.2) is 6.20 Å². The fourth-order valence-corrected chi connectivity index (χ4v) is 5.62. The van der Waals surface area contributed by atoms with E-state index in [1.807, 2.05) is 23.3 Å². The number of nitrogens with zero attached hydrogens (tertiary/aromatic N) is 5. The summed E-state index contributed by atoms with van der Waals surface area (Å²) >= 11 is 1.86. The zero-order valence-electron chi connectivity index (χ0n) is 16.1. The number of hydrogen-bond acceptors (Lipinski definition) is 6. The molecule has 0 saturated carbocycles. The monoisotopic (exact) mass is 377 g/mol. The van der Waals surface area contributed by atoms with Crippen molar-refractivity contribution in [2.24, 2.45) is 0 Å². The van der Waals surface area contributed by atoms with Crippen molar-refractivity contribution in [3.8, 4) is 0 Å². The zero-order chi connectivity index (χ0) is 18.1. The van der Waals surface area contributed by atoms with Gasteiger partial charge in [0.2, 0.25) is 5.91 Å². The van der Waals surface area contributed by atoms with E-state index in [0.29, 0.717) is 12.3 Å². The Labute approximate surface area is 160 Å². The highest BCUT2D eigenvalue weighted by molar-refractivity contribution is 7.15. The van der Waals surface area contributed by atoms with Crippen LogP contribution in [0, 0.1) is 0 Å². The number of hydrogen-bond donors (Lipinski definition) is 0. The number of carbonyl (C=O) groups is 1. The fraction of sp³-hybridized carbons (Fsp3) is 0.789. The van der Waals surface area contributed by atoms with E-state index in [0.717, 1.165) is 58.7 Å². The van der Waals surface area contributed by atoms with E-state index in [1.54, 1.807) is 0 Å². The molecule has 4 rings (SSSR count). The molecule has 0 N–H and O–H groups in total. The lowest BCUT2D eigenvalue weighted by Gasteiger charge is -2.49. The van der Waals surface area contributed by atoms with Gasteiger partial charge in [0.15, 0.2) is 5.13 Å². The van der Waals surface area contributed by atoms with Gasteiger partial charge >= 0.3 is 0 Å². The van der Waals surface area contributed by atoms with E-state index in [4.69, 9.17) is 0 Å². The van der Waals surface area contributed by atoms with Crippen molar-refractivity contribution in [2.45, 2.75) is 44.2 Å². The highest BCUT2D eigenvalue weighted by Gasteiger charge is 2.41. The van der Waals surface area contributed by atoms with Gasteiger partial charge < -0.3 is 9.80 Å². The molecule has 4 heterocycles. The number of anilines is 1. The molecule has 0 aromatic carbocycles. The predicted octanol–water partition coefficient (Wildman–Crippen LogP) is 1.87. The molecule has 0 radical (unpaired) electrons. The van der Waals surface area contributed by atoms with Gasteiger partial charge in [-0.1, -0.05) is 0 Å². The van der Waals surface area contributed by atoms with Gasteiger partial charge in [0.25, 0.3) is 0 Å². The summed E-state index contributed by atoms with van der Waals surface area (Å²) in [7, 11) is 4.18. The molecule has 1 atom stereocenters. The Morgan fingerprint density at radius 2 is 1.92 bits per heavy atom. The molecule has 144 valence electrons. The van der Waals surface area contributed by atoms with Crippen LogP contribution in [0.5, 0.6) is 0 Å². The van der Waals surface area contributed by atoms with E-state index in [9.17, 15) is 4.79 Å². The number of aromatic nitrogens is 1. The fourth-order valence-electron chi connectivity index (χ4n) is 4.62. The van der Waals surface area contributed by atoms with Gasteiger partial charge in [-0.2, -0.15) is 0 Å². The Hall–Kier alpha value is -1.18. The van der Waals surface area contributed by atoms with Crippen LogP contribution in [0.1, 0.15) is 37.0 Å². The third kappa shape index (κ3) is 3.62. The van der Waals surface area contributed by atoms with Gasteiger partial charge in [-0.15, -0.1) is 11.3 Å². The molecule has 7 heteroatoms. The predicted molar refractivity (Wildman–Crippen MR) is 106 cm³/mol. The standard InChI is InChI=1S/C19H31N5OS/c1-21-10-7-19(6-5-17(21)25)15-23(12-11-22(19)2)14-16-13-20-18(26-16)24-8-3-4-9-24/h13H,3-12,14-15H2,1-2H3. The Bertz CT molecular complexity index is 644. The summed E-state index contributed by atoms with van der Waals surface area (Å²) in [5.74, 6) is 0.296. The number of piperazine rings is 1. The van der Waals surface area contributed by atoms with Crippen molar-refractivity contribution in [2.75, 3.05) is 58.3 Å². The van der Waals surface area contributed by atoms with E-state index < -0.39 is 0 Å². The van der Waals surface area contributed by atoms with Crippen LogP contribution in [0.25, 0.3) is 0 Å². The summed E-state index contributed by atoms with van der Waals surface area (Å²) < 4.78 is 0. The largest absolute Gasteiger partial charge is 0.348 e. The molecule has 3 fully saturated rings. The molecule has 3 saturated heterocycles. The first-order chi connectivity index (χ1) is 12.6. The van der Waals surface area contributed by atoms with Crippen molar-refractivity contribution >= 4 is 22.4 Å². The summed E-state index contributed by atoms with van der Waals surface area (Å²) in [5, 5.41) is 1.20. The molecule has 1 aromatic rings. The van der Waals surface area contributed by atoms with Crippen LogP contribution in [0.3, 0.4) is 0 Å². The summed E-state index contributed by atoms with van der Waals surface area (Å²) in [6.07, 6.45) is 7.39. The van der Waals surface area contributed by atoms with Gasteiger partial charge in [0.05, 0.1) is 0 Å². The van der Waals surface area contributed by atoms with Crippen molar-refractivity contribution in [3.05, 3.63) is 11.1 Å². The third-order valence-corrected chi connectivity index (χ3v) is 7.56. The van der Waals surface area contributed by atoms with E-state index >= 15 is 0 Å². The number of likely N-dealkylation sites (N-methyl/N-ethyl adjacent to an activating group) is 1. The van der Waals surface area contributed by atoms with Crippen LogP contribution in [0.4, 0.5) is 5.13 Å². The minimum Gasteiger partial charge on any atom is -0.348 e. The van der Waals surface area contributed by atoms with E-state index in [-0.39, 0.29) is 5.54 Å². The van der Waals surface area contributed by atoms with Crippen molar-refractivity contribution in [1.82, 2.24) is 19.7 Å². The van der Waals surface area contributed by atoms with Crippen molar-refractivity contribution in [1.29, 1.82) is 0 Å². The highest BCUT2D eigenvalue weighted by atomic mass is 32.1. The Morgan fingerprint density at radius 1 is 1.12 bits per heavy atom. The van der Waals surface area contributed by atoms with Crippen LogP contribution in [-0.4, -0.2) is 84.5 Å². The Balaban J connectivity index is 1.42. The lowest BCUT2D eigenvalue weighted by molar-refractivity contribution is -0.129. The maximum atomic E-state index is 12.1. The average Bonchev–Trinajstić information content (AvgIpc) is 3.29. The molecule has 1 amide bonds. The highest BCUT2D eigenvalue weighted by Crippen LogP contribution is 2.33.